The van der Waals surface area contributed by atoms with Crippen molar-refractivity contribution in [3.05, 3.63) is 11.1 Å². The van der Waals surface area contributed by atoms with Crippen LogP contribution in [0.2, 0.25) is 0 Å². The van der Waals surface area contributed by atoms with Crippen LogP contribution in [0.3, 0.4) is 0 Å². The maximum atomic E-state index is 2.41. The van der Waals surface area contributed by atoms with Gasteiger partial charge in [0, 0.05) is 0 Å². The third kappa shape index (κ3) is 3.48. The van der Waals surface area contributed by atoms with Gasteiger partial charge in [-0.25, -0.2) is 0 Å². The summed E-state index contributed by atoms with van der Waals surface area (Å²) < 4.78 is 0. The molecule has 1 atom stereocenters. The molecule has 14 heavy (non-hydrogen) atoms. The van der Waals surface area contributed by atoms with E-state index in [1.165, 1.54) is 51.4 Å². The van der Waals surface area contributed by atoms with E-state index in [1.807, 2.05) is 0 Å². The second-order valence-electron chi connectivity index (χ2n) is 4.89. The minimum atomic E-state index is 0.842. The smallest absolute Gasteiger partial charge is 0.0232 e. The zero-order valence-electron chi connectivity index (χ0n) is 10.2. The molecule has 0 radical (unpaired) electrons. The first kappa shape index (κ1) is 11.8. The summed E-state index contributed by atoms with van der Waals surface area (Å²) in [5, 5.41) is 0. The number of hydrogen-bond donors (Lipinski definition) is 0. The fourth-order valence-electron chi connectivity index (χ4n) is 2.46. The van der Waals surface area contributed by atoms with E-state index in [-0.39, 0.29) is 0 Å². The minimum absolute atomic E-state index is 0.842. The third-order valence-electron chi connectivity index (χ3n) is 3.74. The largest absolute Gasteiger partial charge is 0.0713 e. The van der Waals surface area contributed by atoms with Crippen molar-refractivity contribution in [2.45, 2.75) is 72.1 Å². The highest BCUT2D eigenvalue weighted by Gasteiger charge is 2.13. The van der Waals surface area contributed by atoms with E-state index in [4.69, 9.17) is 0 Å². The van der Waals surface area contributed by atoms with Crippen molar-refractivity contribution in [2.75, 3.05) is 0 Å². The summed E-state index contributed by atoms with van der Waals surface area (Å²) in [7, 11) is 0. The third-order valence-corrected chi connectivity index (χ3v) is 3.74. The van der Waals surface area contributed by atoms with Gasteiger partial charge in [0.25, 0.3) is 0 Å². The molecule has 1 saturated carbocycles. The fourth-order valence-corrected chi connectivity index (χ4v) is 2.46. The average Bonchev–Trinajstić information content (AvgIpc) is 2.69. The van der Waals surface area contributed by atoms with Crippen molar-refractivity contribution < 1.29 is 0 Å². The Morgan fingerprint density at radius 1 is 1.21 bits per heavy atom. The van der Waals surface area contributed by atoms with Gasteiger partial charge in [-0.05, 0) is 44.9 Å². The van der Waals surface area contributed by atoms with E-state index >= 15 is 0 Å². The summed E-state index contributed by atoms with van der Waals surface area (Å²) in [6, 6.07) is 0. The molecule has 0 nitrogen and oxygen atoms in total. The van der Waals surface area contributed by atoms with Crippen LogP contribution >= 0.6 is 0 Å². The predicted octanol–water partition coefficient (Wildman–Crippen LogP) is 5.09. The highest BCUT2D eigenvalue weighted by atomic mass is 14.2. The van der Waals surface area contributed by atoms with E-state index in [2.05, 4.69) is 20.8 Å². The average molecular weight is 194 g/mol. The highest BCUT2D eigenvalue weighted by molar-refractivity contribution is 5.16. The molecule has 0 saturated heterocycles. The molecule has 1 unspecified atom stereocenters. The van der Waals surface area contributed by atoms with Crippen molar-refractivity contribution in [3.63, 3.8) is 0 Å². The summed E-state index contributed by atoms with van der Waals surface area (Å²) in [4.78, 5) is 0. The molecule has 0 spiro atoms. The first-order valence-corrected chi connectivity index (χ1v) is 6.44. The lowest BCUT2D eigenvalue weighted by atomic mass is 9.91. The van der Waals surface area contributed by atoms with E-state index in [0.717, 1.165) is 5.92 Å². The van der Waals surface area contributed by atoms with Crippen LogP contribution in [0, 0.1) is 5.92 Å². The van der Waals surface area contributed by atoms with Crippen molar-refractivity contribution in [3.8, 4) is 0 Å². The van der Waals surface area contributed by atoms with Gasteiger partial charge >= 0.3 is 0 Å². The van der Waals surface area contributed by atoms with Crippen molar-refractivity contribution in [2.24, 2.45) is 5.92 Å². The Morgan fingerprint density at radius 3 is 2.43 bits per heavy atom. The van der Waals surface area contributed by atoms with Gasteiger partial charge in [-0.15, -0.1) is 0 Å². The van der Waals surface area contributed by atoms with Crippen LogP contribution in [0.25, 0.3) is 0 Å². The molecule has 1 aliphatic rings. The second kappa shape index (κ2) is 6.27. The summed E-state index contributed by atoms with van der Waals surface area (Å²) in [5.41, 5.74) is 3.51. The molecule has 0 aliphatic heterocycles. The Hall–Kier alpha value is -0.260. The van der Waals surface area contributed by atoms with Crippen molar-refractivity contribution in [1.29, 1.82) is 0 Å². The van der Waals surface area contributed by atoms with Crippen LogP contribution in [0.5, 0.6) is 0 Å². The molecular weight excluding hydrogens is 168 g/mol. The van der Waals surface area contributed by atoms with E-state index < -0.39 is 0 Å². The van der Waals surface area contributed by atoms with Gasteiger partial charge in [-0.1, -0.05) is 44.3 Å². The Bertz CT molecular complexity index is 180. The van der Waals surface area contributed by atoms with Crippen molar-refractivity contribution in [1.82, 2.24) is 0 Å². The lowest BCUT2D eigenvalue weighted by molar-refractivity contribution is 0.549. The van der Waals surface area contributed by atoms with Gasteiger partial charge in [0.1, 0.15) is 0 Å². The van der Waals surface area contributed by atoms with Crippen LogP contribution in [-0.2, 0) is 0 Å². The van der Waals surface area contributed by atoms with Crippen LogP contribution in [0.1, 0.15) is 72.1 Å². The highest BCUT2D eigenvalue weighted by Crippen LogP contribution is 2.31. The molecule has 0 bridgehead atoms. The molecule has 0 heteroatoms. The topological polar surface area (TPSA) is 0 Å². The van der Waals surface area contributed by atoms with Crippen LogP contribution in [0.15, 0.2) is 11.1 Å². The van der Waals surface area contributed by atoms with Crippen LogP contribution in [0.4, 0.5) is 0 Å². The Morgan fingerprint density at radius 2 is 1.86 bits per heavy atom. The lowest BCUT2D eigenvalue weighted by Gasteiger charge is -2.15. The number of unbranched alkanes of at least 4 members (excludes halogenated alkanes) is 2. The maximum absolute atomic E-state index is 2.41. The molecule has 0 aromatic heterocycles. The predicted molar refractivity (Wildman–Crippen MR) is 64.5 cm³/mol. The second-order valence-corrected chi connectivity index (χ2v) is 4.89. The van der Waals surface area contributed by atoms with Crippen molar-refractivity contribution >= 4 is 0 Å². The molecule has 0 amide bonds. The zero-order valence-corrected chi connectivity index (χ0v) is 10.2. The SMILES string of the molecule is CCCCCC(C)C(C)=C1CCCC1. The van der Waals surface area contributed by atoms with Gasteiger partial charge < -0.3 is 0 Å². The standard InChI is InChI=1S/C14H26/c1-4-5-6-9-12(2)13(3)14-10-7-8-11-14/h12H,4-11H2,1-3H3. The fraction of sp³-hybridized carbons (Fsp3) is 0.857. The number of rotatable bonds is 5. The molecule has 0 heterocycles. The monoisotopic (exact) mass is 194 g/mol. The molecule has 0 N–H and O–H groups in total. The summed E-state index contributed by atoms with van der Waals surface area (Å²) >= 11 is 0. The first-order valence-electron chi connectivity index (χ1n) is 6.44. The van der Waals surface area contributed by atoms with E-state index in [1.54, 1.807) is 11.1 Å². The Kier molecular flexibility index (Phi) is 5.29. The van der Waals surface area contributed by atoms with Crippen LogP contribution < -0.4 is 0 Å². The zero-order chi connectivity index (χ0) is 10.4. The molecule has 1 rings (SSSR count). The quantitative estimate of drug-likeness (QED) is 0.422. The summed E-state index contributed by atoms with van der Waals surface area (Å²) in [6.07, 6.45) is 11.2. The van der Waals surface area contributed by atoms with Gasteiger partial charge in [0.15, 0.2) is 0 Å². The molecule has 82 valence electrons. The Balaban J connectivity index is 2.34. The molecule has 1 fully saturated rings. The minimum Gasteiger partial charge on any atom is -0.0713 e. The molecular formula is C14H26. The van der Waals surface area contributed by atoms with E-state index in [0.29, 0.717) is 0 Å². The normalized spacial score (nSPS) is 18.6. The molecule has 0 aromatic rings. The van der Waals surface area contributed by atoms with Crippen LogP contribution in [-0.4, -0.2) is 0 Å². The first-order chi connectivity index (χ1) is 6.75. The van der Waals surface area contributed by atoms with Gasteiger partial charge in [0.2, 0.25) is 0 Å². The maximum Gasteiger partial charge on any atom is -0.0232 e. The summed E-state index contributed by atoms with van der Waals surface area (Å²) in [5.74, 6) is 0.842. The molecule has 1 aliphatic carbocycles. The van der Waals surface area contributed by atoms with Gasteiger partial charge in [0.05, 0.1) is 0 Å². The lowest BCUT2D eigenvalue weighted by Crippen LogP contribution is -1.99. The molecule has 0 aromatic carbocycles. The Labute approximate surface area is 89.8 Å². The summed E-state index contributed by atoms with van der Waals surface area (Å²) in [6.45, 7) is 7.07. The number of allylic oxidation sites excluding steroid dienone is 2. The number of hydrogen-bond acceptors (Lipinski definition) is 0. The van der Waals surface area contributed by atoms with Gasteiger partial charge in [-0.3, -0.25) is 0 Å². The van der Waals surface area contributed by atoms with E-state index in [9.17, 15) is 0 Å². The van der Waals surface area contributed by atoms with Gasteiger partial charge in [-0.2, -0.15) is 0 Å².